The van der Waals surface area contributed by atoms with Crippen molar-refractivity contribution in [1.82, 2.24) is 9.97 Å². The monoisotopic (exact) mass is 213 g/mol. The largest absolute Gasteiger partial charge is 0.232 e. The summed E-state index contributed by atoms with van der Waals surface area (Å²) < 4.78 is 13.0. The van der Waals surface area contributed by atoms with Gasteiger partial charge in [-0.3, -0.25) is 0 Å². The van der Waals surface area contributed by atoms with Crippen LogP contribution in [0.3, 0.4) is 0 Å². The van der Waals surface area contributed by atoms with Crippen molar-refractivity contribution in [3.05, 3.63) is 47.7 Å². The lowest BCUT2D eigenvalue weighted by molar-refractivity contribution is 0.628. The Morgan fingerprint density at radius 2 is 2.06 bits per heavy atom. The van der Waals surface area contributed by atoms with Crippen LogP contribution in [0.5, 0.6) is 0 Å². The summed E-state index contributed by atoms with van der Waals surface area (Å²) in [5.41, 5.74) is 1.89. The molecule has 0 fully saturated rings. The lowest BCUT2D eigenvalue weighted by Gasteiger charge is -2.02. The van der Waals surface area contributed by atoms with E-state index in [1.807, 2.05) is 6.07 Å². The molecule has 4 heteroatoms. The van der Waals surface area contributed by atoms with E-state index >= 15 is 0 Å². The third-order valence-electron chi connectivity index (χ3n) is 2.07. The highest BCUT2D eigenvalue weighted by atomic mass is 19.1. The number of aromatic nitrogens is 2. The normalized spacial score (nSPS) is 9.81. The van der Waals surface area contributed by atoms with Gasteiger partial charge in [0.15, 0.2) is 0 Å². The van der Waals surface area contributed by atoms with Crippen LogP contribution in [0.1, 0.15) is 11.5 Å². The van der Waals surface area contributed by atoms with Crippen molar-refractivity contribution in [2.75, 3.05) is 0 Å². The van der Waals surface area contributed by atoms with Gasteiger partial charge in [0, 0.05) is 11.3 Å². The first-order chi connectivity index (χ1) is 7.69. The molecule has 78 valence electrons. The first-order valence-electron chi connectivity index (χ1n) is 4.71. The number of nitriles is 1. The molecule has 0 aliphatic heterocycles. The molecule has 2 aromatic rings. The quantitative estimate of drug-likeness (QED) is 0.731. The fourth-order valence-electron chi connectivity index (χ4n) is 1.41. The van der Waals surface area contributed by atoms with E-state index in [1.165, 1.54) is 12.1 Å². The third kappa shape index (κ3) is 2.04. The number of hydrogen-bond acceptors (Lipinski definition) is 3. The van der Waals surface area contributed by atoms with E-state index in [0.29, 0.717) is 17.0 Å². The number of aryl methyl sites for hydroxylation is 1. The average Bonchev–Trinajstić information content (AvgIpc) is 2.28. The summed E-state index contributed by atoms with van der Waals surface area (Å²) in [7, 11) is 0. The van der Waals surface area contributed by atoms with Gasteiger partial charge in [-0.05, 0) is 25.1 Å². The van der Waals surface area contributed by atoms with Crippen LogP contribution >= 0.6 is 0 Å². The van der Waals surface area contributed by atoms with Crippen molar-refractivity contribution in [1.29, 1.82) is 5.26 Å². The van der Waals surface area contributed by atoms with Gasteiger partial charge < -0.3 is 0 Å². The van der Waals surface area contributed by atoms with Crippen LogP contribution in [0.4, 0.5) is 4.39 Å². The van der Waals surface area contributed by atoms with Crippen molar-refractivity contribution in [3.8, 4) is 17.3 Å². The molecule has 0 unspecified atom stereocenters. The van der Waals surface area contributed by atoms with E-state index in [1.54, 1.807) is 25.1 Å². The van der Waals surface area contributed by atoms with Crippen LogP contribution in [0, 0.1) is 24.1 Å². The molecule has 1 aromatic carbocycles. The number of rotatable bonds is 1. The Bertz CT molecular complexity index is 573. The summed E-state index contributed by atoms with van der Waals surface area (Å²) in [4.78, 5) is 7.96. The van der Waals surface area contributed by atoms with Gasteiger partial charge in [-0.2, -0.15) is 5.26 Å². The van der Waals surface area contributed by atoms with E-state index in [2.05, 4.69) is 9.97 Å². The molecule has 0 aliphatic rings. The van der Waals surface area contributed by atoms with Crippen molar-refractivity contribution in [2.24, 2.45) is 0 Å². The molecule has 0 aliphatic carbocycles. The Hall–Kier alpha value is -2.28. The van der Waals surface area contributed by atoms with Gasteiger partial charge in [-0.25, -0.2) is 14.4 Å². The maximum absolute atomic E-state index is 13.0. The van der Waals surface area contributed by atoms with Crippen molar-refractivity contribution >= 4 is 0 Å². The molecule has 0 bridgehead atoms. The van der Waals surface area contributed by atoms with Crippen molar-refractivity contribution in [2.45, 2.75) is 6.92 Å². The van der Waals surface area contributed by atoms with Crippen LogP contribution in [-0.2, 0) is 0 Å². The second kappa shape index (κ2) is 4.07. The number of halogens is 1. The zero-order valence-electron chi connectivity index (χ0n) is 8.61. The lowest BCUT2D eigenvalue weighted by Crippen LogP contribution is -1.95. The first-order valence-corrected chi connectivity index (χ1v) is 4.71. The number of nitrogens with zero attached hydrogens (tertiary/aromatic N) is 3. The zero-order valence-corrected chi connectivity index (χ0v) is 8.61. The third-order valence-corrected chi connectivity index (χ3v) is 2.07. The Kier molecular flexibility index (Phi) is 2.61. The van der Waals surface area contributed by atoms with E-state index in [-0.39, 0.29) is 11.6 Å². The zero-order chi connectivity index (χ0) is 11.5. The topological polar surface area (TPSA) is 49.6 Å². The molecule has 1 aromatic heterocycles. The molecule has 16 heavy (non-hydrogen) atoms. The number of hydrogen-bond donors (Lipinski definition) is 0. The molecule has 0 radical (unpaired) electrons. The van der Waals surface area contributed by atoms with E-state index in [9.17, 15) is 4.39 Å². The van der Waals surface area contributed by atoms with E-state index in [0.717, 1.165) is 0 Å². The fourth-order valence-corrected chi connectivity index (χ4v) is 1.41. The SMILES string of the molecule is Cc1cc(-c2cccc(F)c2)nc(C#N)n1. The van der Waals surface area contributed by atoms with E-state index < -0.39 is 0 Å². The van der Waals surface area contributed by atoms with Crippen molar-refractivity contribution < 1.29 is 4.39 Å². The minimum Gasteiger partial charge on any atom is -0.224 e. The van der Waals surface area contributed by atoms with Crippen LogP contribution in [0.15, 0.2) is 30.3 Å². The standard InChI is InChI=1S/C12H8FN3/c1-8-5-11(16-12(7-14)15-8)9-3-2-4-10(13)6-9/h2-6H,1H3. The molecule has 2 rings (SSSR count). The van der Waals surface area contributed by atoms with Crippen LogP contribution in [-0.4, -0.2) is 9.97 Å². The smallest absolute Gasteiger partial charge is 0.224 e. The molecule has 0 atom stereocenters. The van der Waals surface area contributed by atoms with Crippen molar-refractivity contribution in [3.63, 3.8) is 0 Å². The first kappa shape index (κ1) is 10.2. The Balaban J connectivity index is 2.56. The van der Waals surface area contributed by atoms with Crippen LogP contribution in [0.25, 0.3) is 11.3 Å². The molecule has 0 saturated heterocycles. The highest BCUT2D eigenvalue weighted by molar-refractivity contribution is 5.59. The predicted octanol–water partition coefficient (Wildman–Crippen LogP) is 2.46. The van der Waals surface area contributed by atoms with Gasteiger partial charge in [0.2, 0.25) is 5.82 Å². The van der Waals surface area contributed by atoms with Crippen LogP contribution in [0.2, 0.25) is 0 Å². The summed E-state index contributed by atoms with van der Waals surface area (Å²) in [6.07, 6.45) is 0. The minimum atomic E-state index is -0.327. The van der Waals surface area contributed by atoms with Gasteiger partial charge in [0.05, 0.1) is 5.69 Å². The lowest BCUT2D eigenvalue weighted by atomic mass is 10.1. The summed E-state index contributed by atoms with van der Waals surface area (Å²) in [5, 5.41) is 8.74. The number of benzene rings is 1. The van der Waals surface area contributed by atoms with Gasteiger partial charge >= 0.3 is 0 Å². The molecule has 3 nitrogen and oxygen atoms in total. The Morgan fingerprint density at radius 3 is 2.75 bits per heavy atom. The fraction of sp³-hybridized carbons (Fsp3) is 0.0833. The van der Waals surface area contributed by atoms with Crippen LogP contribution < -0.4 is 0 Å². The Morgan fingerprint density at radius 1 is 1.25 bits per heavy atom. The maximum atomic E-state index is 13.0. The van der Waals surface area contributed by atoms with E-state index in [4.69, 9.17) is 5.26 Å². The summed E-state index contributed by atoms with van der Waals surface area (Å²) >= 11 is 0. The molecular weight excluding hydrogens is 205 g/mol. The molecular formula is C12H8FN3. The summed E-state index contributed by atoms with van der Waals surface area (Å²) in [6.45, 7) is 1.77. The van der Waals surface area contributed by atoms with Gasteiger partial charge in [0.1, 0.15) is 11.9 Å². The van der Waals surface area contributed by atoms with Gasteiger partial charge in [-0.15, -0.1) is 0 Å². The van der Waals surface area contributed by atoms with Gasteiger partial charge in [0.25, 0.3) is 0 Å². The molecule has 1 heterocycles. The predicted molar refractivity (Wildman–Crippen MR) is 56.9 cm³/mol. The second-order valence-corrected chi connectivity index (χ2v) is 3.34. The highest BCUT2D eigenvalue weighted by Gasteiger charge is 2.04. The Labute approximate surface area is 92.2 Å². The summed E-state index contributed by atoms with van der Waals surface area (Å²) in [5.74, 6) is -0.230. The minimum absolute atomic E-state index is 0.0965. The average molecular weight is 213 g/mol. The molecule has 0 N–H and O–H groups in total. The summed E-state index contributed by atoms with van der Waals surface area (Å²) in [6, 6.07) is 9.68. The molecule has 0 spiro atoms. The maximum Gasteiger partial charge on any atom is 0.232 e. The van der Waals surface area contributed by atoms with Gasteiger partial charge in [-0.1, -0.05) is 12.1 Å². The molecule has 0 saturated carbocycles. The highest BCUT2D eigenvalue weighted by Crippen LogP contribution is 2.18. The second-order valence-electron chi connectivity index (χ2n) is 3.34. The molecule has 0 amide bonds.